The van der Waals surface area contributed by atoms with Gasteiger partial charge in [0.05, 0.1) is 0 Å². The van der Waals surface area contributed by atoms with Crippen molar-refractivity contribution in [2.24, 2.45) is 0 Å². The van der Waals surface area contributed by atoms with Crippen LogP contribution in [0.5, 0.6) is 0 Å². The lowest BCUT2D eigenvalue weighted by molar-refractivity contribution is 0.940. The Morgan fingerprint density at radius 3 is 2.65 bits per heavy atom. The normalized spacial score (nSPS) is 14.6. The maximum Gasteiger partial charge on any atom is 0.00273 e. The Morgan fingerprint density at radius 1 is 1.12 bits per heavy atom. The topological polar surface area (TPSA) is 0 Å². The van der Waals surface area contributed by atoms with Crippen LogP contribution in [0.3, 0.4) is 0 Å². The fraction of sp³-hybridized carbons (Fsp3) is 0.294. The molecule has 0 unspecified atom stereocenters. The highest BCUT2D eigenvalue weighted by Gasteiger charge is 2.02. The molecule has 1 aromatic rings. The molecule has 0 saturated carbocycles. The van der Waals surface area contributed by atoms with E-state index < -0.39 is 0 Å². The minimum Gasteiger partial charge on any atom is -0.0805 e. The Morgan fingerprint density at radius 2 is 1.94 bits per heavy atom. The summed E-state index contributed by atoms with van der Waals surface area (Å²) >= 11 is 0. The summed E-state index contributed by atoms with van der Waals surface area (Å²) in [7, 11) is 0. The molecule has 0 fully saturated rings. The Hall–Kier alpha value is -1.74. The van der Waals surface area contributed by atoms with Gasteiger partial charge in [0.25, 0.3) is 0 Å². The average molecular weight is 222 g/mol. The van der Waals surface area contributed by atoms with Crippen molar-refractivity contribution >= 4 is 0 Å². The van der Waals surface area contributed by atoms with Crippen LogP contribution in [0.1, 0.15) is 31.7 Å². The SMILES string of the molecule is CCC1=C(CCc2c#cccc2)C=CCC=C1. The zero-order chi connectivity index (χ0) is 11.9. The van der Waals surface area contributed by atoms with Gasteiger partial charge in [-0.1, -0.05) is 49.4 Å². The lowest BCUT2D eigenvalue weighted by Gasteiger charge is -2.06. The molecule has 0 heteroatoms. The maximum absolute atomic E-state index is 3.17. The molecule has 0 heterocycles. The molecule has 0 radical (unpaired) electrons. The van der Waals surface area contributed by atoms with Crippen LogP contribution in [0.15, 0.2) is 53.6 Å². The third-order valence-electron chi connectivity index (χ3n) is 3.08. The van der Waals surface area contributed by atoms with Crippen LogP contribution in [-0.2, 0) is 6.42 Å². The monoisotopic (exact) mass is 222 g/mol. The van der Waals surface area contributed by atoms with E-state index >= 15 is 0 Å². The molecule has 0 nitrogen and oxygen atoms in total. The molecular formula is C17H18. The standard InChI is InChI=1S/C17H18/c1-2-16-11-7-4-8-12-17(16)14-13-15-9-5-3-6-10-15/h3,5,7-9,11-12H,2,4,13-14H2,1H3. The van der Waals surface area contributed by atoms with Crippen molar-refractivity contribution in [2.45, 2.75) is 32.6 Å². The molecule has 2 rings (SSSR count). The molecule has 17 heavy (non-hydrogen) atoms. The van der Waals surface area contributed by atoms with Gasteiger partial charge in [0.2, 0.25) is 0 Å². The molecule has 0 amide bonds. The van der Waals surface area contributed by atoms with Crippen LogP contribution >= 0.6 is 0 Å². The van der Waals surface area contributed by atoms with Gasteiger partial charge in [-0.3, -0.25) is 0 Å². The van der Waals surface area contributed by atoms with E-state index in [-0.39, 0.29) is 0 Å². The first-order chi connectivity index (χ1) is 8.40. The van der Waals surface area contributed by atoms with Gasteiger partial charge in [0, 0.05) is 5.56 Å². The Labute approximate surface area is 104 Å². The van der Waals surface area contributed by atoms with Crippen LogP contribution in [-0.4, -0.2) is 0 Å². The maximum atomic E-state index is 3.17. The van der Waals surface area contributed by atoms with E-state index in [4.69, 9.17) is 0 Å². The van der Waals surface area contributed by atoms with E-state index in [1.807, 2.05) is 12.1 Å². The highest BCUT2D eigenvalue weighted by atomic mass is 14.1. The fourth-order valence-corrected chi connectivity index (χ4v) is 2.11. The summed E-state index contributed by atoms with van der Waals surface area (Å²) in [5, 5.41) is 0. The van der Waals surface area contributed by atoms with Crippen LogP contribution in [0.4, 0.5) is 0 Å². The van der Waals surface area contributed by atoms with Crippen molar-refractivity contribution in [2.75, 3.05) is 0 Å². The first-order valence-corrected chi connectivity index (χ1v) is 6.32. The van der Waals surface area contributed by atoms with Gasteiger partial charge in [0.1, 0.15) is 0 Å². The number of hydrogen-bond acceptors (Lipinski definition) is 0. The van der Waals surface area contributed by atoms with Gasteiger partial charge < -0.3 is 0 Å². The van der Waals surface area contributed by atoms with Crippen molar-refractivity contribution in [3.05, 3.63) is 71.3 Å². The Kier molecular flexibility index (Phi) is 4.22. The van der Waals surface area contributed by atoms with Gasteiger partial charge >= 0.3 is 0 Å². The van der Waals surface area contributed by atoms with E-state index in [2.05, 4.69) is 49.4 Å². The second-order valence-corrected chi connectivity index (χ2v) is 4.26. The Bertz CT molecular complexity index is 432. The summed E-state index contributed by atoms with van der Waals surface area (Å²) < 4.78 is 0. The number of rotatable bonds is 4. The predicted octanol–water partition coefficient (Wildman–Crippen LogP) is 4.44. The van der Waals surface area contributed by atoms with Crippen molar-refractivity contribution in [1.82, 2.24) is 0 Å². The first kappa shape index (κ1) is 11.7. The average Bonchev–Trinajstić information content (AvgIpc) is 2.62. The molecule has 0 atom stereocenters. The molecular weight excluding hydrogens is 204 g/mol. The van der Waals surface area contributed by atoms with Crippen molar-refractivity contribution in [1.29, 1.82) is 0 Å². The first-order valence-electron chi connectivity index (χ1n) is 6.32. The zero-order valence-corrected chi connectivity index (χ0v) is 10.4. The quantitative estimate of drug-likeness (QED) is 0.706. The van der Waals surface area contributed by atoms with E-state index in [0.29, 0.717) is 0 Å². The third kappa shape index (κ3) is 3.36. The van der Waals surface area contributed by atoms with Crippen molar-refractivity contribution in [3.63, 3.8) is 0 Å². The van der Waals surface area contributed by atoms with E-state index in [0.717, 1.165) is 25.7 Å². The molecule has 1 aromatic carbocycles. The predicted molar refractivity (Wildman–Crippen MR) is 72.6 cm³/mol. The lowest BCUT2D eigenvalue weighted by Crippen LogP contribution is -1.90. The van der Waals surface area contributed by atoms with Gasteiger partial charge in [-0.15, -0.1) is 0 Å². The lowest BCUT2D eigenvalue weighted by atomic mass is 9.99. The molecule has 1 aliphatic rings. The molecule has 0 bridgehead atoms. The van der Waals surface area contributed by atoms with Gasteiger partial charge in [-0.05, 0) is 49.0 Å². The highest BCUT2D eigenvalue weighted by Crippen LogP contribution is 2.20. The van der Waals surface area contributed by atoms with Crippen molar-refractivity contribution < 1.29 is 0 Å². The minimum absolute atomic E-state index is 1.05. The summed E-state index contributed by atoms with van der Waals surface area (Å²) in [6.45, 7) is 2.22. The molecule has 0 saturated heterocycles. The van der Waals surface area contributed by atoms with E-state index in [1.54, 1.807) is 0 Å². The number of allylic oxidation sites excluding steroid dienone is 6. The molecule has 0 aliphatic heterocycles. The second-order valence-electron chi connectivity index (χ2n) is 4.26. The summed E-state index contributed by atoms with van der Waals surface area (Å²) in [5.41, 5.74) is 4.19. The number of hydrogen-bond donors (Lipinski definition) is 0. The van der Waals surface area contributed by atoms with Gasteiger partial charge in [0.15, 0.2) is 0 Å². The minimum atomic E-state index is 1.05. The molecule has 0 spiro atoms. The van der Waals surface area contributed by atoms with Crippen LogP contribution in [0, 0.1) is 12.1 Å². The van der Waals surface area contributed by atoms with Gasteiger partial charge in [-0.2, -0.15) is 0 Å². The number of aryl methyl sites for hydroxylation is 1. The summed E-state index contributed by atoms with van der Waals surface area (Å²) in [5.74, 6) is 0. The third-order valence-corrected chi connectivity index (χ3v) is 3.08. The Balaban J connectivity index is 2.06. The van der Waals surface area contributed by atoms with E-state index in [9.17, 15) is 0 Å². The molecule has 86 valence electrons. The van der Waals surface area contributed by atoms with Crippen LogP contribution in [0.2, 0.25) is 0 Å². The molecule has 0 N–H and O–H groups in total. The summed E-state index contributed by atoms with van der Waals surface area (Å²) in [4.78, 5) is 0. The second kappa shape index (κ2) is 6.11. The van der Waals surface area contributed by atoms with Gasteiger partial charge in [-0.25, -0.2) is 0 Å². The smallest absolute Gasteiger partial charge is 0.00273 e. The zero-order valence-electron chi connectivity index (χ0n) is 10.4. The van der Waals surface area contributed by atoms with Crippen LogP contribution in [0.25, 0.3) is 0 Å². The van der Waals surface area contributed by atoms with E-state index in [1.165, 1.54) is 16.7 Å². The van der Waals surface area contributed by atoms with Crippen molar-refractivity contribution in [3.8, 4) is 0 Å². The summed E-state index contributed by atoms with van der Waals surface area (Å²) in [6.07, 6.45) is 13.4. The summed E-state index contributed by atoms with van der Waals surface area (Å²) in [6, 6.07) is 12.2. The highest BCUT2D eigenvalue weighted by molar-refractivity contribution is 5.36. The molecule has 1 aliphatic carbocycles. The molecule has 0 aromatic heterocycles. The largest absolute Gasteiger partial charge is 0.0805 e. The van der Waals surface area contributed by atoms with Crippen LogP contribution < -0.4 is 0 Å². The fourth-order valence-electron chi connectivity index (χ4n) is 2.11.